The van der Waals surface area contributed by atoms with Crippen LogP contribution in [0.15, 0.2) is 0 Å². The fourth-order valence-corrected chi connectivity index (χ4v) is 0.356. The predicted octanol–water partition coefficient (Wildman–Crippen LogP) is -1.25. The van der Waals surface area contributed by atoms with E-state index in [-0.39, 0.29) is 19.1 Å². The maximum Gasteiger partial charge on any atom is 0.317 e. The van der Waals surface area contributed by atoms with Crippen molar-refractivity contribution in [2.75, 3.05) is 13.2 Å². The Labute approximate surface area is 58.4 Å². The van der Waals surface area contributed by atoms with Crippen molar-refractivity contribution in [3.05, 3.63) is 0 Å². The second-order valence-electron chi connectivity index (χ2n) is 1.73. The fraction of sp³-hybridized carbons (Fsp3) is 0.600. The van der Waals surface area contributed by atoms with Crippen LogP contribution < -0.4 is 10.6 Å². The maximum absolute atomic E-state index is 10.2. The number of nitrogens with one attached hydrogen (secondary N) is 2. The minimum absolute atomic E-state index is 0.139. The van der Waals surface area contributed by atoms with Crippen molar-refractivity contribution in [1.29, 1.82) is 0 Å². The van der Waals surface area contributed by atoms with E-state index in [4.69, 9.17) is 5.11 Å². The Hall–Kier alpha value is -1.10. The molecule has 0 spiro atoms. The summed E-state index contributed by atoms with van der Waals surface area (Å²) in [6.45, 7) is 1.42. The Bertz CT molecular complexity index is 119. The molecular weight excluding hydrogens is 136 g/mol. The highest BCUT2D eigenvalue weighted by Gasteiger charge is 1.93. The summed E-state index contributed by atoms with van der Waals surface area (Å²) in [5, 5.41) is 13.0. The number of rotatable bonds is 4. The van der Waals surface area contributed by atoms with E-state index in [1.807, 2.05) is 0 Å². The van der Waals surface area contributed by atoms with Gasteiger partial charge < -0.3 is 10.4 Å². The van der Waals surface area contributed by atoms with Gasteiger partial charge in [-0.1, -0.05) is 0 Å². The Morgan fingerprint density at radius 2 is 2.10 bits per heavy atom. The molecule has 0 unspecified atom stereocenters. The fourth-order valence-electron chi connectivity index (χ4n) is 0.356. The quantitative estimate of drug-likeness (QED) is 0.342. The van der Waals surface area contributed by atoms with Gasteiger partial charge in [-0.05, 0) is 0 Å². The molecule has 58 valence electrons. The first-order chi connectivity index (χ1) is 4.63. The Balaban J connectivity index is 3.06. The molecule has 0 aliphatic carbocycles. The second kappa shape index (κ2) is 4.75. The Morgan fingerprint density at radius 1 is 1.50 bits per heavy atom. The molecule has 0 aromatic carbocycles. The molecule has 0 atom stereocenters. The van der Waals surface area contributed by atoms with E-state index in [1.165, 1.54) is 6.92 Å². The van der Waals surface area contributed by atoms with Gasteiger partial charge in [-0.3, -0.25) is 14.9 Å². The topological polar surface area (TPSA) is 78.4 Å². The third kappa shape index (κ3) is 6.90. The molecule has 0 bridgehead atoms. The van der Waals surface area contributed by atoms with Gasteiger partial charge in [0.1, 0.15) is 0 Å². The number of hydrogen-bond donors (Lipinski definition) is 3. The molecule has 0 fully saturated rings. The molecule has 0 rings (SSSR count). The summed E-state index contributed by atoms with van der Waals surface area (Å²) in [5.74, 6) is -1.12. The normalized spacial score (nSPS) is 8.90. The summed E-state index contributed by atoms with van der Waals surface area (Å²) < 4.78 is 0. The molecule has 10 heavy (non-hydrogen) atoms. The zero-order chi connectivity index (χ0) is 7.98. The number of amides is 1. The van der Waals surface area contributed by atoms with Crippen molar-refractivity contribution in [2.24, 2.45) is 0 Å². The third-order valence-electron chi connectivity index (χ3n) is 0.739. The number of carboxylic acids is 1. The predicted molar refractivity (Wildman–Crippen MR) is 34.3 cm³/mol. The first-order valence-corrected chi connectivity index (χ1v) is 2.80. The number of aliphatic carboxylic acids is 1. The summed E-state index contributed by atoms with van der Waals surface area (Å²) >= 11 is 0. The second-order valence-corrected chi connectivity index (χ2v) is 1.73. The first kappa shape index (κ1) is 8.90. The lowest BCUT2D eigenvalue weighted by molar-refractivity contribution is -0.136. The maximum atomic E-state index is 10.2. The van der Waals surface area contributed by atoms with Gasteiger partial charge in [0, 0.05) is 6.92 Å². The van der Waals surface area contributed by atoms with Crippen LogP contribution in [-0.2, 0) is 9.59 Å². The standard InChI is InChI=1S/C5H10N2O3/c1-4(8)7-3-6-2-5(9)10/h6H,2-3H2,1H3,(H,7,8)(H,9,10). The van der Waals surface area contributed by atoms with E-state index >= 15 is 0 Å². The van der Waals surface area contributed by atoms with Crippen LogP contribution in [0.25, 0.3) is 0 Å². The van der Waals surface area contributed by atoms with E-state index in [0.717, 1.165) is 0 Å². The summed E-state index contributed by atoms with van der Waals surface area (Å²) in [6, 6.07) is 0. The lowest BCUT2D eigenvalue weighted by atomic mass is 10.6. The number of hydrogen-bond acceptors (Lipinski definition) is 3. The Kier molecular flexibility index (Phi) is 4.23. The largest absolute Gasteiger partial charge is 0.480 e. The van der Waals surface area contributed by atoms with E-state index < -0.39 is 5.97 Å². The van der Waals surface area contributed by atoms with Crippen LogP contribution in [0, 0.1) is 0 Å². The average Bonchev–Trinajstić information content (AvgIpc) is 1.79. The summed E-state index contributed by atoms with van der Waals surface area (Å²) in [4.78, 5) is 20.1. The molecule has 1 amide bonds. The van der Waals surface area contributed by atoms with Crippen molar-refractivity contribution in [1.82, 2.24) is 10.6 Å². The molecule has 0 aliphatic heterocycles. The highest BCUT2D eigenvalue weighted by atomic mass is 16.4. The van der Waals surface area contributed by atoms with Gasteiger partial charge in [0.15, 0.2) is 0 Å². The minimum atomic E-state index is -0.939. The van der Waals surface area contributed by atoms with Gasteiger partial charge in [0.05, 0.1) is 13.2 Å². The first-order valence-electron chi connectivity index (χ1n) is 2.80. The molecule has 0 aliphatic rings. The van der Waals surface area contributed by atoms with E-state index in [9.17, 15) is 9.59 Å². The van der Waals surface area contributed by atoms with Crippen molar-refractivity contribution >= 4 is 11.9 Å². The molecule has 5 nitrogen and oxygen atoms in total. The van der Waals surface area contributed by atoms with Crippen LogP contribution >= 0.6 is 0 Å². The van der Waals surface area contributed by atoms with Gasteiger partial charge in [-0.2, -0.15) is 0 Å². The van der Waals surface area contributed by atoms with Crippen molar-refractivity contribution in [3.8, 4) is 0 Å². The van der Waals surface area contributed by atoms with E-state index in [2.05, 4.69) is 10.6 Å². The summed E-state index contributed by atoms with van der Waals surface area (Å²) in [5.41, 5.74) is 0. The van der Waals surface area contributed by atoms with Crippen LogP contribution in [0.1, 0.15) is 6.92 Å². The van der Waals surface area contributed by atoms with Crippen LogP contribution in [-0.4, -0.2) is 30.2 Å². The van der Waals surface area contributed by atoms with Crippen LogP contribution in [0.3, 0.4) is 0 Å². The summed E-state index contributed by atoms with van der Waals surface area (Å²) in [6.07, 6.45) is 0. The van der Waals surface area contributed by atoms with Gasteiger partial charge in [0.2, 0.25) is 5.91 Å². The SMILES string of the molecule is CC(=O)NCNCC(=O)O. The zero-order valence-electron chi connectivity index (χ0n) is 5.68. The van der Waals surface area contributed by atoms with E-state index in [0.29, 0.717) is 0 Å². The lowest BCUT2D eigenvalue weighted by Gasteiger charge is -2.00. The van der Waals surface area contributed by atoms with Crippen LogP contribution in [0.2, 0.25) is 0 Å². The van der Waals surface area contributed by atoms with Crippen molar-refractivity contribution < 1.29 is 14.7 Å². The van der Waals surface area contributed by atoms with Gasteiger partial charge in [-0.15, -0.1) is 0 Å². The third-order valence-corrected chi connectivity index (χ3v) is 0.739. The van der Waals surface area contributed by atoms with Crippen LogP contribution in [0.5, 0.6) is 0 Å². The highest BCUT2D eigenvalue weighted by Crippen LogP contribution is 1.59. The monoisotopic (exact) mass is 146 g/mol. The van der Waals surface area contributed by atoms with Gasteiger partial charge >= 0.3 is 5.97 Å². The minimum Gasteiger partial charge on any atom is -0.480 e. The lowest BCUT2D eigenvalue weighted by Crippen LogP contribution is -2.35. The average molecular weight is 146 g/mol. The van der Waals surface area contributed by atoms with Gasteiger partial charge in [0.25, 0.3) is 0 Å². The van der Waals surface area contributed by atoms with Gasteiger partial charge in [-0.25, -0.2) is 0 Å². The molecule has 0 radical (unpaired) electrons. The number of carbonyl (C=O) groups is 2. The summed E-state index contributed by atoms with van der Waals surface area (Å²) in [7, 11) is 0. The number of carboxylic acid groups (broad SMARTS) is 1. The smallest absolute Gasteiger partial charge is 0.317 e. The molecule has 5 heteroatoms. The molecule has 0 aromatic heterocycles. The van der Waals surface area contributed by atoms with Crippen molar-refractivity contribution in [3.63, 3.8) is 0 Å². The highest BCUT2D eigenvalue weighted by molar-refractivity contribution is 5.73. The molecule has 0 heterocycles. The Morgan fingerprint density at radius 3 is 2.50 bits per heavy atom. The number of carbonyl (C=O) groups excluding carboxylic acids is 1. The zero-order valence-corrected chi connectivity index (χ0v) is 5.68. The molecule has 0 aromatic rings. The molecule has 0 saturated carbocycles. The molecular formula is C5H10N2O3. The molecule has 0 saturated heterocycles. The van der Waals surface area contributed by atoms with E-state index in [1.54, 1.807) is 0 Å². The van der Waals surface area contributed by atoms with Crippen molar-refractivity contribution in [2.45, 2.75) is 6.92 Å². The van der Waals surface area contributed by atoms with Crippen LogP contribution in [0.4, 0.5) is 0 Å². The molecule has 3 N–H and O–H groups in total.